The van der Waals surface area contributed by atoms with Crippen LogP contribution in [0.4, 0.5) is 4.79 Å². The Bertz CT molecular complexity index is 155. The van der Waals surface area contributed by atoms with Gasteiger partial charge in [0.05, 0.1) is 0 Å². The van der Waals surface area contributed by atoms with Crippen molar-refractivity contribution in [3.8, 4) is 0 Å². The molecule has 1 N–H and O–H groups in total. The van der Waals surface area contributed by atoms with Crippen molar-refractivity contribution in [2.45, 2.75) is 26.8 Å². The highest BCUT2D eigenvalue weighted by Crippen LogP contribution is 1.99. The average Bonchev–Trinajstić information content (AvgIpc) is 2.00. The van der Waals surface area contributed by atoms with Crippen LogP contribution in [0.3, 0.4) is 0 Å². The van der Waals surface area contributed by atoms with Gasteiger partial charge in [-0.15, -0.1) is 0 Å². The summed E-state index contributed by atoms with van der Waals surface area (Å²) in [6.45, 7) is 9.73. The zero-order chi connectivity index (χ0) is 9.56. The summed E-state index contributed by atoms with van der Waals surface area (Å²) >= 11 is 0. The molecule has 0 aromatic carbocycles. The molecule has 12 heavy (non-hydrogen) atoms. The second-order valence-electron chi connectivity index (χ2n) is 3.06. The lowest BCUT2D eigenvalue weighted by molar-refractivity contribution is 0.152. The Morgan fingerprint density at radius 2 is 2.17 bits per heavy atom. The molecule has 0 saturated heterocycles. The van der Waals surface area contributed by atoms with E-state index in [9.17, 15) is 4.79 Å². The number of ether oxygens (including phenoxy) is 1. The van der Waals surface area contributed by atoms with E-state index in [2.05, 4.69) is 11.9 Å². The first-order valence-electron chi connectivity index (χ1n) is 4.12. The Hall–Kier alpha value is -0.990. The van der Waals surface area contributed by atoms with Crippen molar-refractivity contribution in [3.05, 3.63) is 12.7 Å². The van der Waals surface area contributed by atoms with Gasteiger partial charge in [0.1, 0.15) is 6.61 Å². The SMILES string of the molecule is C=CCOC(=O)NC(C)C(C)C. The Morgan fingerprint density at radius 1 is 1.58 bits per heavy atom. The van der Waals surface area contributed by atoms with Crippen LogP contribution in [0.2, 0.25) is 0 Å². The van der Waals surface area contributed by atoms with Crippen molar-refractivity contribution in [2.24, 2.45) is 5.92 Å². The summed E-state index contributed by atoms with van der Waals surface area (Å²) in [5, 5.41) is 2.71. The Kier molecular flexibility index (Phi) is 5.17. The predicted molar refractivity (Wildman–Crippen MR) is 49.0 cm³/mol. The monoisotopic (exact) mass is 171 g/mol. The van der Waals surface area contributed by atoms with Gasteiger partial charge in [-0.2, -0.15) is 0 Å². The Morgan fingerprint density at radius 3 is 2.58 bits per heavy atom. The van der Waals surface area contributed by atoms with E-state index in [4.69, 9.17) is 4.74 Å². The van der Waals surface area contributed by atoms with Crippen LogP contribution in [-0.2, 0) is 4.74 Å². The van der Waals surface area contributed by atoms with Gasteiger partial charge in [-0.05, 0) is 12.8 Å². The van der Waals surface area contributed by atoms with Gasteiger partial charge in [-0.3, -0.25) is 0 Å². The average molecular weight is 171 g/mol. The van der Waals surface area contributed by atoms with Crippen molar-refractivity contribution < 1.29 is 9.53 Å². The Balaban J connectivity index is 3.61. The summed E-state index contributed by atoms with van der Waals surface area (Å²) in [4.78, 5) is 10.9. The molecule has 1 atom stereocenters. The van der Waals surface area contributed by atoms with Crippen LogP contribution in [0.15, 0.2) is 12.7 Å². The number of amides is 1. The predicted octanol–water partition coefficient (Wildman–Crippen LogP) is 1.94. The van der Waals surface area contributed by atoms with Gasteiger partial charge in [-0.1, -0.05) is 26.5 Å². The first-order chi connectivity index (χ1) is 5.57. The lowest BCUT2D eigenvalue weighted by atomic mass is 10.1. The molecule has 0 aliphatic rings. The van der Waals surface area contributed by atoms with Crippen molar-refractivity contribution in [2.75, 3.05) is 6.61 Å². The first-order valence-corrected chi connectivity index (χ1v) is 4.12. The maximum absolute atomic E-state index is 10.9. The lowest BCUT2D eigenvalue weighted by Gasteiger charge is -2.16. The van der Waals surface area contributed by atoms with Gasteiger partial charge in [0.25, 0.3) is 0 Å². The molecular weight excluding hydrogens is 154 g/mol. The summed E-state index contributed by atoms with van der Waals surface area (Å²) in [5.74, 6) is 0.418. The van der Waals surface area contributed by atoms with Gasteiger partial charge < -0.3 is 10.1 Å². The highest BCUT2D eigenvalue weighted by Gasteiger charge is 2.10. The minimum atomic E-state index is -0.379. The number of hydrogen-bond donors (Lipinski definition) is 1. The normalized spacial score (nSPS) is 12.3. The van der Waals surface area contributed by atoms with Crippen LogP contribution in [0.1, 0.15) is 20.8 Å². The van der Waals surface area contributed by atoms with Crippen LogP contribution in [0.25, 0.3) is 0 Å². The smallest absolute Gasteiger partial charge is 0.407 e. The van der Waals surface area contributed by atoms with Crippen LogP contribution in [0.5, 0.6) is 0 Å². The van der Waals surface area contributed by atoms with Gasteiger partial charge in [0.15, 0.2) is 0 Å². The van der Waals surface area contributed by atoms with E-state index >= 15 is 0 Å². The summed E-state index contributed by atoms with van der Waals surface area (Å²) in [6.07, 6.45) is 1.16. The summed E-state index contributed by atoms with van der Waals surface area (Å²) in [7, 11) is 0. The summed E-state index contributed by atoms with van der Waals surface area (Å²) < 4.78 is 4.74. The fourth-order valence-corrected chi connectivity index (χ4v) is 0.529. The van der Waals surface area contributed by atoms with Crippen LogP contribution in [0, 0.1) is 5.92 Å². The van der Waals surface area contributed by atoms with Crippen molar-refractivity contribution in [3.63, 3.8) is 0 Å². The Labute approximate surface area is 73.8 Å². The minimum Gasteiger partial charge on any atom is -0.445 e. The van der Waals surface area contributed by atoms with Gasteiger partial charge in [0, 0.05) is 6.04 Å². The number of nitrogens with one attached hydrogen (secondary N) is 1. The van der Waals surface area contributed by atoms with E-state index in [1.165, 1.54) is 0 Å². The number of rotatable bonds is 4. The van der Waals surface area contributed by atoms with Gasteiger partial charge >= 0.3 is 6.09 Å². The standard InChI is InChI=1S/C9H17NO2/c1-5-6-12-9(11)10-8(4)7(2)3/h5,7-8H,1,6H2,2-4H3,(H,10,11). The molecule has 0 aromatic heterocycles. The van der Waals surface area contributed by atoms with Crippen molar-refractivity contribution >= 4 is 6.09 Å². The summed E-state index contributed by atoms with van der Waals surface area (Å²) in [5.41, 5.74) is 0. The molecule has 1 unspecified atom stereocenters. The molecule has 3 nitrogen and oxygen atoms in total. The highest BCUT2D eigenvalue weighted by atomic mass is 16.5. The van der Waals surface area contributed by atoms with Crippen molar-refractivity contribution in [1.82, 2.24) is 5.32 Å². The van der Waals surface area contributed by atoms with E-state index in [-0.39, 0.29) is 18.7 Å². The zero-order valence-corrected chi connectivity index (χ0v) is 7.96. The van der Waals surface area contributed by atoms with E-state index in [1.54, 1.807) is 6.08 Å². The number of carbonyl (C=O) groups is 1. The van der Waals surface area contributed by atoms with E-state index < -0.39 is 0 Å². The summed E-state index contributed by atoms with van der Waals surface area (Å²) in [6, 6.07) is 0.141. The van der Waals surface area contributed by atoms with Crippen LogP contribution >= 0.6 is 0 Å². The molecule has 0 saturated carbocycles. The quantitative estimate of drug-likeness (QED) is 0.656. The molecule has 0 aliphatic carbocycles. The minimum absolute atomic E-state index is 0.141. The topological polar surface area (TPSA) is 38.3 Å². The first kappa shape index (κ1) is 11.0. The molecule has 0 aliphatic heterocycles. The molecule has 0 bridgehead atoms. The largest absolute Gasteiger partial charge is 0.445 e. The third-order valence-electron chi connectivity index (χ3n) is 1.68. The molecule has 0 heterocycles. The van der Waals surface area contributed by atoms with E-state index in [1.807, 2.05) is 20.8 Å². The molecule has 0 spiro atoms. The van der Waals surface area contributed by atoms with E-state index in [0.717, 1.165) is 0 Å². The zero-order valence-electron chi connectivity index (χ0n) is 7.96. The van der Waals surface area contributed by atoms with Crippen LogP contribution in [-0.4, -0.2) is 18.7 Å². The number of hydrogen-bond acceptors (Lipinski definition) is 2. The number of carbonyl (C=O) groups excluding carboxylic acids is 1. The van der Waals surface area contributed by atoms with E-state index in [0.29, 0.717) is 5.92 Å². The third kappa shape index (κ3) is 4.77. The fourth-order valence-electron chi connectivity index (χ4n) is 0.529. The molecule has 70 valence electrons. The molecule has 0 rings (SSSR count). The lowest BCUT2D eigenvalue weighted by Crippen LogP contribution is -2.36. The molecule has 0 aromatic rings. The maximum atomic E-state index is 10.9. The fraction of sp³-hybridized carbons (Fsp3) is 0.667. The molecule has 0 fully saturated rings. The maximum Gasteiger partial charge on any atom is 0.407 e. The molecule has 3 heteroatoms. The highest BCUT2D eigenvalue weighted by molar-refractivity contribution is 5.67. The second kappa shape index (κ2) is 5.63. The third-order valence-corrected chi connectivity index (χ3v) is 1.68. The van der Waals surface area contributed by atoms with Crippen LogP contribution < -0.4 is 5.32 Å². The molecular formula is C9H17NO2. The van der Waals surface area contributed by atoms with Crippen molar-refractivity contribution in [1.29, 1.82) is 0 Å². The van der Waals surface area contributed by atoms with Gasteiger partial charge in [-0.25, -0.2) is 4.79 Å². The molecule has 0 radical (unpaired) electrons. The second-order valence-corrected chi connectivity index (χ2v) is 3.06. The van der Waals surface area contributed by atoms with Gasteiger partial charge in [0.2, 0.25) is 0 Å². The number of alkyl carbamates (subject to hydrolysis) is 1. The molecule has 1 amide bonds.